The second-order valence-electron chi connectivity index (χ2n) is 8.16. The van der Waals surface area contributed by atoms with Crippen LogP contribution in [-0.4, -0.2) is 39.9 Å². The zero-order valence-corrected chi connectivity index (χ0v) is 15.9. The number of para-hydroxylation sites is 1. The van der Waals surface area contributed by atoms with Crippen LogP contribution >= 0.6 is 0 Å². The molecule has 0 bridgehead atoms. The molecule has 2 aliphatic heterocycles. The van der Waals surface area contributed by atoms with Gasteiger partial charge in [0.15, 0.2) is 0 Å². The van der Waals surface area contributed by atoms with Crippen LogP contribution in [0.15, 0.2) is 42.6 Å². The predicted molar refractivity (Wildman–Crippen MR) is 105 cm³/mol. The lowest BCUT2D eigenvalue weighted by atomic mass is 9.85. The Morgan fingerprint density at radius 1 is 1.08 bits per heavy atom. The van der Waals surface area contributed by atoms with E-state index in [1.807, 2.05) is 12.3 Å². The molecule has 5 nitrogen and oxygen atoms in total. The van der Waals surface area contributed by atoms with Crippen LogP contribution < -0.4 is 10.9 Å². The summed E-state index contributed by atoms with van der Waals surface area (Å²) in [5.74, 6) is 1.49. The maximum Gasteiger partial charge on any atom is 0.0649 e. The molecule has 2 N–H and O–H groups in total. The molecule has 2 unspecified atom stereocenters. The minimum atomic E-state index is 0.623. The molecule has 0 spiro atoms. The Morgan fingerprint density at radius 3 is 2.54 bits per heavy atom. The molecule has 3 heterocycles. The van der Waals surface area contributed by atoms with Crippen molar-refractivity contribution in [2.45, 2.75) is 51.7 Å². The minimum absolute atomic E-state index is 0.623. The molecule has 140 valence electrons. The van der Waals surface area contributed by atoms with E-state index in [1.165, 1.54) is 38.0 Å². The zero-order chi connectivity index (χ0) is 17.9. The van der Waals surface area contributed by atoms with Gasteiger partial charge >= 0.3 is 0 Å². The van der Waals surface area contributed by atoms with Crippen LogP contribution in [-0.2, 0) is 6.54 Å². The van der Waals surface area contributed by atoms with Crippen molar-refractivity contribution in [1.29, 1.82) is 0 Å². The smallest absolute Gasteiger partial charge is 0.0649 e. The molecule has 0 amide bonds. The van der Waals surface area contributed by atoms with E-state index in [9.17, 15) is 0 Å². The number of aromatic nitrogens is 2. The van der Waals surface area contributed by atoms with Gasteiger partial charge in [0.25, 0.3) is 0 Å². The third kappa shape index (κ3) is 3.85. The normalized spacial score (nSPS) is 25.2. The van der Waals surface area contributed by atoms with Crippen LogP contribution in [0.3, 0.4) is 0 Å². The summed E-state index contributed by atoms with van der Waals surface area (Å²) in [6.07, 6.45) is 5.74. The van der Waals surface area contributed by atoms with E-state index < -0.39 is 0 Å². The number of hydrogen-bond acceptors (Lipinski definition) is 4. The quantitative estimate of drug-likeness (QED) is 0.867. The lowest BCUT2D eigenvalue weighted by molar-refractivity contribution is 0.153. The van der Waals surface area contributed by atoms with Crippen molar-refractivity contribution in [2.24, 2.45) is 11.8 Å². The molecular formula is C21H31N5. The molecule has 4 rings (SSSR count). The van der Waals surface area contributed by atoms with Crippen molar-refractivity contribution in [3.63, 3.8) is 0 Å². The van der Waals surface area contributed by atoms with Crippen molar-refractivity contribution in [1.82, 2.24) is 25.5 Å². The van der Waals surface area contributed by atoms with E-state index >= 15 is 0 Å². The summed E-state index contributed by atoms with van der Waals surface area (Å²) in [5, 5.41) is 4.53. The van der Waals surface area contributed by atoms with Crippen LogP contribution in [0.4, 0.5) is 0 Å². The fourth-order valence-electron chi connectivity index (χ4n) is 4.35. The molecule has 2 aliphatic rings. The number of likely N-dealkylation sites (tertiary alicyclic amines) is 1. The van der Waals surface area contributed by atoms with Crippen molar-refractivity contribution < 1.29 is 0 Å². The fourth-order valence-corrected chi connectivity index (χ4v) is 4.35. The average Bonchev–Trinajstić information content (AvgIpc) is 3.33. The highest BCUT2D eigenvalue weighted by Crippen LogP contribution is 2.27. The van der Waals surface area contributed by atoms with Gasteiger partial charge in [-0.3, -0.25) is 15.8 Å². The molecule has 0 saturated carbocycles. The third-order valence-corrected chi connectivity index (χ3v) is 6.08. The molecule has 2 fully saturated rings. The highest BCUT2D eigenvalue weighted by Gasteiger charge is 2.33. The molecule has 1 aromatic carbocycles. The number of rotatable bonds is 5. The number of piperidine rings is 1. The van der Waals surface area contributed by atoms with E-state index in [0.717, 1.165) is 18.2 Å². The molecule has 0 aliphatic carbocycles. The van der Waals surface area contributed by atoms with Crippen LogP contribution in [0.2, 0.25) is 0 Å². The topological polar surface area (TPSA) is 45.1 Å². The summed E-state index contributed by atoms with van der Waals surface area (Å²) >= 11 is 0. The van der Waals surface area contributed by atoms with E-state index in [0.29, 0.717) is 18.0 Å². The molecule has 26 heavy (non-hydrogen) atoms. The van der Waals surface area contributed by atoms with E-state index in [4.69, 9.17) is 0 Å². The first-order chi connectivity index (χ1) is 12.7. The summed E-state index contributed by atoms with van der Waals surface area (Å²) in [7, 11) is 0. The third-order valence-electron chi connectivity index (χ3n) is 6.08. The first-order valence-electron chi connectivity index (χ1n) is 10.0. The van der Waals surface area contributed by atoms with Gasteiger partial charge in [0.2, 0.25) is 0 Å². The van der Waals surface area contributed by atoms with Gasteiger partial charge in [-0.1, -0.05) is 32.0 Å². The Kier molecular flexibility index (Phi) is 5.38. The Bertz CT molecular complexity index is 687. The monoisotopic (exact) mass is 353 g/mol. The van der Waals surface area contributed by atoms with Gasteiger partial charge < -0.3 is 0 Å². The summed E-state index contributed by atoms with van der Waals surface area (Å²) in [4.78, 5) is 2.58. The summed E-state index contributed by atoms with van der Waals surface area (Å²) in [6.45, 7) is 7.94. The van der Waals surface area contributed by atoms with Gasteiger partial charge in [-0.2, -0.15) is 5.10 Å². The average molecular weight is 354 g/mol. The van der Waals surface area contributed by atoms with Crippen LogP contribution in [0.5, 0.6) is 0 Å². The first kappa shape index (κ1) is 17.7. The van der Waals surface area contributed by atoms with Crippen LogP contribution in [0, 0.1) is 11.8 Å². The van der Waals surface area contributed by atoms with E-state index in [-0.39, 0.29) is 0 Å². The summed E-state index contributed by atoms with van der Waals surface area (Å²) in [6, 6.07) is 13.8. The van der Waals surface area contributed by atoms with Gasteiger partial charge in [0.05, 0.1) is 11.4 Å². The highest BCUT2D eigenvalue weighted by molar-refractivity contribution is 5.32. The van der Waals surface area contributed by atoms with E-state index in [2.05, 4.69) is 69.7 Å². The van der Waals surface area contributed by atoms with E-state index in [1.54, 1.807) is 0 Å². The SMILES string of the molecule is CC(C)C1CC(C2CCN(Cc3ccnn3-c3ccccc3)CC2)NN1. The Labute approximate surface area is 156 Å². The molecule has 2 atom stereocenters. The maximum absolute atomic E-state index is 4.53. The van der Waals surface area contributed by atoms with Crippen LogP contribution in [0.25, 0.3) is 5.69 Å². The number of benzene rings is 1. The lowest BCUT2D eigenvalue weighted by Crippen LogP contribution is -2.43. The Balaban J connectivity index is 1.32. The minimum Gasteiger partial charge on any atom is -0.297 e. The zero-order valence-electron chi connectivity index (χ0n) is 15.9. The molecule has 2 saturated heterocycles. The van der Waals surface area contributed by atoms with Gasteiger partial charge in [-0.05, 0) is 62.4 Å². The largest absolute Gasteiger partial charge is 0.297 e. The summed E-state index contributed by atoms with van der Waals surface area (Å²) in [5.41, 5.74) is 9.48. The number of hydrazine groups is 1. The van der Waals surface area contributed by atoms with Gasteiger partial charge in [0, 0.05) is 24.8 Å². The summed E-state index contributed by atoms with van der Waals surface area (Å²) < 4.78 is 2.07. The highest BCUT2D eigenvalue weighted by atomic mass is 15.4. The van der Waals surface area contributed by atoms with Crippen molar-refractivity contribution >= 4 is 0 Å². The van der Waals surface area contributed by atoms with Crippen molar-refractivity contribution in [2.75, 3.05) is 13.1 Å². The number of hydrogen-bond donors (Lipinski definition) is 2. The standard InChI is InChI=1S/C21H31N5/c1-16(2)20-14-21(24-23-20)17-9-12-25(13-10-17)15-19-8-11-22-26(19)18-6-4-3-5-7-18/h3-8,11,16-17,20-21,23-24H,9-10,12-15H2,1-2H3. The molecule has 0 radical (unpaired) electrons. The second kappa shape index (κ2) is 7.91. The van der Waals surface area contributed by atoms with Crippen molar-refractivity contribution in [3.8, 4) is 5.69 Å². The molecule has 1 aromatic heterocycles. The van der Waals surface area contributed by atoms with Gasteiger partial charge in [-0.15, -0.1) is 0 Å². The number of nitrogens with zero attached hydrogens (tertiary/aromatic N) is 3. The number of nitrogens with one attached hydrogen (secondary N) is 2. The predicted octanol–water partition coefficient (Wildman–Crippen LogP) is 2.98. The fraction of sp³-hybridized carbons (Fsp3) is 0.571. The molecule has 2 aromatic rings. The molecular weight excluding hydrogens is 322 g/mol. The lowest BCUT2D eigenvalue weighted by Gasteiger charge is -2.34. The van der Waals surface area contributed by atoms with Crippen LogP contribution in [0.1, 0.15) is 38.8 Å². The van der Waals surface area contributed by atoms with Gasteiger partial charge in [0.1, 0.15) is 0 Å². The maximum atomic E-state index is 4.53. The first-order valence-corrected chi connectivity index (χ1v) is 10.0. The Morgan fingerprint density at radius 2 is 1.85 bits per heavy atom. The Hall–Kier alpha value is -1.69. The van der Waals surface area contributed by atoms with Gasteiger partial charge in [-0.25, -0.2) is 4.68 Å². The molecule has 5 heteroatoms. The second-order valence-corrected chi connectivity index (χ2v) is 8.16. The van der Waals surface area contributed by atoms with Crippen molar-refractivity contribution in [3.05, 3.63) is 48.3 Å².